The fourth-order valence-electron chi connectivity index (χ4n) is 6.46. The van der Waals surface area contributed by atoms with E-state index in [0.29, 0.717) is 24.8 Å². The molecule has 156 valence electrons. The first-order valence-electron chi connectivity index (χ1n) is 10.2. The van der Waals surface area contributed by atoms with Crippen LogP contribution in [0.25, 0.3) is 0 Å². The summed E-state index contributed by atoms with van der Waals surface area (Å²) >= 11 is 0. The van der Waals surface area contributed by atoms with Gasteiger partial charge in [0.05, 0.1) is 6.10 Å². The molecule has 2 fully saturated rings. The van der Waals surface area contributed by atoms with Gasteiger partial charge in [-0.1, -0.05) is 24.6 Å². The molecule has 0 aromatic heterocycles. The average Bonchev–Trinajstić information content (AvgIpc) is 2.98. The summed E-state index contributed by atoms with van der Waals surface area (Å²) in [4.78, 5) is 35.6. The molecule has 0 radical (unpaired) electrons. The molecule has 29 heavy (non-hydrogen) atoms. The number of ketones is 2. The van der Waals surface area contributed by atoms with Gasteiger partial charge in [-0.3, -0.25) is 14.4 Å². The Morgan fingerprint density at radius 3 is 2.72 bits per heavy atom. The fourth-order valence-corrected chi connectivity index (χ4v) is 6.46. The van der Waals surface area contributed by atoms with Crippen molar-refractivity contribution in [1.82, 2.24) is 0 Å². The van der Waals surface area contributed by atoms with E-state index in [4.69, 9.17) is 4.74 Å². The highest BCUT2D eigenvalue weighted by Gasteiger charge is 2.69. The number of carbonyl (C=O) groups excluding carboxylic acids is 3. The van der Waals surface area contributed by atoms with Gasteiger partial charge in [0.1, 0.15) is 0 Å². The Morgan fingerprint density at radius 1 is 1.31 bits per heavy atom. The summed E-state index contributed by atoms with van der Waals surface area (Å²) < 4.78 is 21.7. The molecule has 0 spiro atoms. The van der Waals surface area contributed by atoms with Gasteiger partial charge < -0.3 is 9.84 Å². The van der Waals surface area contributed by atoms with Gasteiger partial charge in [0.25, 0.3) is 0 Å². The molecule has 0 aliphatic heterocycles. The quantitative estimate of drug-likeness (QED) is 0.734. The Morgan fingerprint density at radius 2 is 2.03 bits per heavy atom. The highest BCUT2D eigenvalue weighted by Crippen LogP contribution is 2.67. The molecule has 2 saturated carbocycles. The number of aliphatic hydroxyl groups excluding tert-OH is 1. The SMILES string of the molecule is CC(=O)OCC(=O)C1=CC[C@@H]2[C@H]3CCC4=CC(=O)C=C[C@]4(C)[C@]3(F)[C@H](O)C[C@@]12C. The van der Waals surface area contributed by atoms with Crippen molar-refractivity contribution in [2.45, 2.75) is 58.2 Å². The first-order chi connectivity index (χ1) is 13.5. The first kappa shape index (κ1) is 20.2. The summed E-state index contributed by atoms with van der Waals surface area (Å²) in [5.74, 6) is -1.52. The number of hydrogen-bond acceptors (Lipinski definition) is 5. The fraction of sp³-hybridized carbons (Fsp3) is 0.609. The topological polar surface area (TPSA) is 80.7 Å². The molecule has 0 heterocycles. The van der Waals surface area contributed by atoms with E-state index < -0.39 is 34.5 Å². The zero-order valence-electron chi connectivity index (χ0n) is 17.0. The maximum absolute atomic E-state index is 16.8. The molecule has 0 bridgehead atoms. The lowest BCUT2D eigenvalue weighted by molar-refractivity contribution is -0.185. The van der Waals surface area contributed by atoms with Crippen LogP contribution in [0.2, 0.25) is 0 Å². The molecule has 6 heteroatoms. The third-order valence-corrected chi connectivity index (χ3v) is 7.93. The zero-order chi connectivity index (χ0) is 21.2. The van der Waals surface area contributed by atoms with Crippen LogP contribution >= 0.6 is 0 Å². The molecule has 0 aromatic rings. The normalized spacial score (nSPS) is 42.9. The maximum atomic E-state index is 16.8. The number of alkyl halides is 1. The Bertz CT molecular complexity index is 886. The van der Waals surface area contributed by atoms with Gasteiger partial charge >= 0.3 is 5.97 Å². The number of Topliss-reactive ketones (excluding diaryl/α,β-unsaturated/α-hetero) is 1. The minimum atomic E-state index is -1.90. The number of allylic oxidation sites excluding steroid dienone is 5. The predicted molar refractivity (Wildman–Crippen MR) is 103 cm³/mol. The van der Waals surface area contributed by atoms with E-state index in [1.54, 1.807) is 13.0 Å². The van der Waals surface area contributed by atoms with Crippen molar-refractivity contribution in [2.24, 2.45) is 22.7 Å². The summed E-state index contributed by atoms with van der Waals surface area (Å²) in [7, 11) is 0. The highest BCUT2D eigenvalue weighted by molar-refractivity contribution is 6.01. The van der Waals surface area contributed by atoms with Crippen LogP contribution in [0.4, 0.5) is 4.39 Å². The molecule has 5 nitrogen and oxygen atoms in total. The van der Waals surface area contributed by atoms with E-state index in [1.807, 2.05) is 13.0 Å². The van der Waals surface area contributed by atoms with Gasteiger partial charge in [-0.25, -0.2) is 4.39 Å². The monoisotopic (exact) mass is 402 g/mol. The van der Waals surface area contributed by atoms with Crippen LogP contribution in [-0.2, 0) is 19.1 Å². The van der Waals surface area contributed by atoms with Crippen LogP contribution in [0.15, 0.2) is 35.5 Å². The molecular weight excluding hydrogens is 375 g/mol. The van der Waals surface area contributed by atoms with Gasteiger partial charge in [-0.15, -0.1) is 0 Å². The van der Waals surface area contributed by atoms with Gasteiger partial charge in [-0.05, 0) is 50.7 Å². The Kier molecular flexibility index (Phi) is 4.50. The van der Waals surface area contributed by atoms with Crippen molar-refractivity contribution in [3.63, 3.8) is 0 Å². The second kappa shape index (κ2) is 6.46. The largest absolute Gasteiger partial charge is 0.457 e. The molecule has 0 amide bonds. The number of aliphatic hydroxyl groups is 1. The number of rotatable bonds is 3. The standard InChI is InChI=1S/C23H27FO5/c1-13(25)29-12-19(27)18-7-6-16-17-5-4-14-10-15(26)8-9-22(14,3)23(17,24)20(28)11-21(16,18)2/h7-10,16-17,20,28H,4-6,11-12H2,1-3H3/t16-,17-,20-,21-,22+,23-/m1/s1. The molecular formula is C23H27FO5. The molecule has 6 atom stereocenters. The van der Waals surface area contributed by atoms with Gasteiger partial charge in [-0.2, -0.15) is 0 Å². The lowest BCUT2D eigenvalue weighted by Crippen LogP contribution is -2.66. The van der Waals surface area contributed by atoms with Crippen molar-refractivity contribution in [2.75, 3.05) is 6.61 Å². The van der Waals surface area contributed by atoms with Gasteiger partial charge in [0.15, 0.2) is 23.8 Å². The van der Waals surface area contributed by atoms with E-state index in [-0.39, 0.29) is 30.5 Å². The Labute approximate surface area is 169 Å². The lowest BCUT2D eigenvalue weighted by atomic mass is 9.45. The number of hydrogen-bond donors (Lipinski definition) is 1. The second-order valence-electron chi connectivity index (χ2n) is 9.32. The second-order valence-corrected chi connectivity index (χ2v) is 9.32. The summed E-state index contributed by atoms with van der Waals surface area (Å²) in [6, 6.07) is 0. The van der Waals surface area contributed by atoms with Crippen LogP contribution in [0.3, 0.4) is 0 Å². The van der Waals surface area contributed by atoms with Crippen molar-refractivity contribution in [1.29, 1.82) is 0 Å². The summed E-state index contributed by atoms with van der Waals surface area (Å²) in [6.45, 7) is 4.60. The summed E-state index contributed by atoms with van der Waals surface area (Å²) in [5.41, 5.74) is -2.33. The van der Waals surface area contributed by atoms with E-state index in [9.17, 15) is 19.5 Å². The third kappa shape index (κ3) is 2.64. The van der Waals surface area contributed by atoms with Crippen LogP contribution in [0, 0.1) is 22.7 Å². The predicted octanol–water partition coefficient (Wildman–Crippen LogP) is 3.03. The highest BCUT2D eigenvalue weighted by atomic mass is 19.1. The Hall–Kier alpha value is -2.08. The molecule has 0 unspecified atom stereocenters. The van der Waals surface area contributed by atoms with Crippen molar-refractivity contribution in [3.8, 4) is 0 Å². The van der Waals surface area contributed by atoms with Crippen LogP contribution < -0.4 is 0 Å². The van der Waals surface area contributed by atoms with Crippen molar-refractivity contribution < 1.29 is 28.6 Å². The third-order valence-electron chi connectivity index (χ3n) is 7.93. The summed E-state index contributed by atoms with van der Waals surface area (Å²) in [6.07, 6.45) is 6.89. The molecule has 0 saturated heterocycles. The first-order valence-corrected chi connectivity index (χ1v) is 10.2. The van der Waals surface area contributed by atoms with Crippen molar-refractivity contribution >= 4 is 17.5 Å². The number of halogens is 1. The lowest BCUT2D eigenvalue weighted by Gasteiger charge is -2.61. The minimum Gasteiger partial charge on any atom is -0.457 e. The van der Waals surface area contributed by atoms with Crippen LogP contribution in [0.5, 0.6) is 0 Å². The maximum Gasteiger partial charge on any atom is 0.303 e. The number of esters is 1. The number of ether oxygens (including phenoxy) is 1. The van der Waals surface area contributed by atoms with Crippen LogP contribution in [0.1, 0.15) is 46.5 Å². The zero-order valence-corrected chi connectivity index (χ0v) is 17.0. The molecule has 0 aromatic carbocycles. The van der Waals surface area contributed by atoms with Crippen molar-refractivity contribution in [3.05, 3.63) is 35.5 Å². The molecule has 4 aliphatic rings. The number of carbonyl (C=O) groups is 3. The number of fused-ring (bicyclic) bond motifs is 5. The van der Waals surface area contributed by atoms with E-state index in [1.165, 1.54) is 19.1 Å². The summed E-state index contributed by atoms with van der Waals surface area (Å²) in [5, 5.41) is 11.1. The Balaban J connectivity index is 1.68. The molecule has 1 N–H and O–H groups in total. The van der Waals surface area contributed by atoms with E-state index in [2.05, 4.69) is 0 Å². The van der Waals surface area contributed by atoms with E-state index >= 15 is 4.39 Å². The minimum absolute atomic E-state index is 0.118. The smallest absolute Gasteiger partial charge is 0.303 e. The van der Waals surface area contributed by atoms with Gasteiger partial charge in [0.2, 0.25) is 0 Å². The molecule has 4 rings (SSSR count). The molecule has 4 aliphatic carbocycles. The van der Waals surface area contributed by atoms with Crippen LogP contribution in [-0.4, -0.2) is 41.0 Å². The van der Waals surface area contributed by atoms with Gasteiger partial charge in [0, 0.05) is 29.2 Å². The van der Waals surface area contributed by atoms with E-state index in [0.717, 1.165) is 5.57 Å². The average molecular weight is 402 g/mol.